The smallest absolute Gasteiger partial charge is 0.0545 e. The van der Waals surface area contributed by atoms with Crippen molar-refractivity contribution in [1.29, 1.82) is 0 Å². The highest BCUT2D eigenvalue weighted by Crippen LogP contribution is 1.97. The molecule has 1 nitrogen and oxygen atoms in total. The molecule has 0 unspecified atom stereocenters. The first-order chi connectivity index (χ1) is 5.77. The summed E-state index contributed by atoms with van der Waals surface area (Å²) in [7, 11) is 0. The van der Waals surface area contributed by atoms with Crippen molar-refractivity contribution in [1.82, 2.24) is 5.32 Å². The lowest BCUT2D eigenvalue weighted by Gasteiger charge is -2.05. The van der Waals surface area contributed by atoms with Crippen molar-refractivity contribution in [2.24, 2.45) is 5.92 Å². The summed E-state index contributed by atoms with van der Waals surface area (Å²) in [5, 5.41) is 3.39. The second kappa shape index (κ2) is 8.96. The molecule has 0 aliphatic heterocycles. The fourth-order valence-electron chi connectivity index (χ4n) is 0.791. The van der Waals surface area contributed by atoms with Gasteiger partial charge in [0.1, 0.15) is 0 Å². The van der Waals surface area contributed by atoms with Gasteiger partial charge in [-0.2, -0.15) is 0 Å². The lowest BCUT2D eigenvalue weighted by molar-refractivity contribution is 0.547. The van der Waals surface area contributed by atoms with E-state index in [4.69, 9.17) is 6.42 Å². The minimum atomic E-state index is 0.802. The number of hydrogen-bond acceptors (Lipinski definition) is 2. The van der Waals surface area contributed by atoms with Gasteiger partial charge in [-0.25, -0.2) is 0 Å². The van der Waals surface area contributed by atoms with Gasteiger partial charge in [-0.05, 0) is 18.9 Å². The Morgan fingerprint density at radius 1 is 1.42 bits per heavy atom. The van der Waals surface area contributed by atoms with E-state index in [1.165, 1.54) is 6.42 Å². The maximum absolute atomic E-state index is 5.12. The Labute approximate surface area is 80.7 Å². The quantitative estimate of drug-likeness (QED) is 0.481. The fraction of sp³-hybridized carbons (Fsp3) is 0.800. The molecule has 1 N–H and O–H groups in total. The molecule has 70 valence electrons. The van der Waals surface area contributed by atoms with Crippen molar-refractivity contribution < 1.29 is 0 Å². The van der Waals surface area contributed by atoms with Crippen LogP contribution >= 0.6 is 11.8 Å². The molecule has 0 aliphatic rings. The van der Waals surface area contributed by atoms with Crippen LogP contribution in [0.1, 0.15) is 20.3 Å². The Morgan fingerprint density at radius 3 is 2.75 bits per heavy atom. The fourth-order valence-corrected chi connectivity index (χ4v) is 1.34. The molecular weight excluding hydrogens is 166 g/mol. The predicted octanol–water partition coefficient (Wildman–Crippen LogP) is 1.99. The van der Waals surface area contributed by atoms with Crippen LogP contribution in [0.5, 0.6) is 0 Å². The largest absolute Gasteiger partial charge is 0.316 e. The van der Waals surface area contributed by atoms with Crippen LogP contribution in [-0.4, -0.2) is 24.6 Å². The third-order valence-electron chi connectivity index (χ3n) is 1.51. The predicted molar refractivity (Wildman–Crippen MR) is 58.5 cm³/mol. The highest BCUT2D eigenvalue weighted by molar-refractivity contribution is 7.99. The maximum atomic E-state index is 5.12. The van der Waals surface area contributed by atoms with E-state index >= 15 is 0 Å². The Bertz CT molecular complexity index is 126. The van der Waals surface area contributed by atoms with Crippen LogP contribution in [0, 0.1) is 18.3 Å². The normalized spacial score (nSPS) is 10.2. The Hall–Kier alpha value is -0.130. The molecule has 0 atom stereocenters. The van der Waals surface area contributed by atoms with E-state index in [9.17, 15) is 0 Å². The van der Waals surface area contributed by atoms with E-state index in [0.29, 0.717) is 0 Å². The van der Waals surface area contributed by atoms with Crippen LogP contribution in [-0.2, 0) is 0 Å². The van der Waals surface area contributed by atoms with Gasteiger partial charge in [-0.1, -0.05) is 19.8 Å². The van der Waals surface area contributed by atoms with Gasteiger partial charge in [0.15, 0.2) is 0 Å². The van der Waals surface area contributed by atoms with E-state index in [1.807, 2.05) is 11.8 Å². The van der Waals surface area contributed by atoms with Gasteiger partial charge in [-0.15, -0.1) is 18.2 Å². The van der Waals surface area contributed by atoms with Crippen molar-refractivity contribution in [3.8, 4) is 12.3 Å². The van der Waals surface area contributed by atoms with Crippen LogP contribution in [0.25, 0.3) is 0 Å². The van der Waals surface area contributed by atoms with Crippen molar-refractivity contribution in [3.63, 3.8) is 0 Å². The third kappa shape index (κ3) is 9.87. The molecule has 0 aromatic heterocycles. The molecule has 0 fully saturated rings. The minimum Gasteiger partial charge on any atom is -0.316 e. The van der Waals surface area contributed by atoms with E-state index in [2.05, 4.69) is 25.1 Å². The Balaban J connectivity index is 2.87. The van der Waals surface area contributed by atoms with Gasteiger partial charge in [-0.3, -0.25) is 0 Å². The van der Waals surface area contributed by atoms with Crippen LogP contribution in [0.4, 0.5) is 0 Å². The average molecular weight is 185 g/mol. The zero-order valence-electron chi connectivity index (χ0n) is 8.10. The molecule has 0 amide bonds. The monoisotopic (exact) mass is 185 g/mol. The standard InChI is InChI=1S/C10H19NS/c1-4-8-12-9-7-11-6-5-10(2)3/h1,10-11H,5-9H2,2-3H3. The lowest BCUT2D eigenvalue weighted by Crippen LogP contribution is -2.19. The van der Waals surface area contributed by atoms with E-state index in [-0.39, 0.29) is 0 Å². The van der Waals surface area contributed by atoms with Crippen molar-refractivity contribution in [2.45, 2.75) is 20.3 Å². The molecule has 0 bridgehead atoms. The molecule has 0 radical (unpaired) electrons. The summed E-state index contributed by atoms with van der Waals surface area (Å²) >= 11 is 1.81. The van der Waals surface area contributed by atoms with E-state index < -0.39 is 0 Å². The van der Waals surface area contributed by atoms with Crippen LogP contribution < -0.4 is 5.32 Å². The molecule has 0 spiro atoms. The van der Waals surface area contributed by atoms with Gasteiger partial charge in [0, 0.05) is 12.3 Å². The SMILES string of the molecule is C#CCSCCNCCC(C)C. The second-order valence-electron chi connectivity index (χ2n) is 3.19. The lowest BCUT2D eigenvalue weighted by atomic mass is 10.1. The molecule has 12 heavy (non-hydrogen) atoms. The summed E-state index contributed by atoms with van der Waals surface area (Å²) in [6, 6.07) is 0. The molecule has 0 saturated carbocycles. The third-order valence-corrected chi connectivity index (χ3v) is 2.37. The zero-order valence-corrected chi connectivity index (χ0v) is 8.91. The van der Waals surface area contributed by atoms with Gasteiger partial charge in [0.05, 0.1) is 5.75 Å². The molecule has 0 rings (SSSR count). The number of terminal acetylenes is 1. The van der Waals surface area contributed by atoms with Crippen LogP contribution in [0.2, 0.25) is 0 Å². The summed E-state index contributed by atoms with van der Waals surface area (Å²) in [4.78, 5) is 0. The Morgan fingerprint density at radius 2 is 2.17 bits per heavy atom. The molecule has 0 aromatic carbocycles. The zero-order chi connectivity index (χ0) is 9.23. The van der Waals surface area contributed by atoms with Crippen molar-refractivity contribution >= 4 is 11.8 Å². The number of rotatable bonds is 7. The van der Waals surface area contributed by atoms with Gasteiger partial charge in [0.2, 0.25) is 0 Å². The number of thioether (sulfide) groups is 1. The molecular formula is C10H19NS. The first kappa shape index (κ1) is 11.9. The highest BCUT2D eigenvalue weighted by atomic mass is 32.2. The maximum Gasteiger partial charge on any atom is 0.0545 e. The summed E-state index contributed by atoms with van der Waals surface area (Å²) in [5.41, 5.74) is 0. The first-order valence-electron chi connectivity index (χ1n) is 4.49. The van der Waals surface area contributed by atoms with Crippen molar-refractivity contribution in [2.75, 3.05) is 24.6 Å². The molecule has 0 heterocycles. The summed E-state index contributed by atoms with van der Waals surface area (Å²) in [6.45, 7) is 6.71. The topological polar surface area (TPSA) is 12.0 Å². The summed E-state index contributed by atoms with van der Waals surface area (Å²) in [6.07, 6.45) is 6.38. The van der Waals surface area contributed by atoms with Gasteiger partial charge < -0.3 is 5.32 Å². The van der Waals surface area contributed by atoms with Crippen LogP contribution in [0.3, 0.4) is 0 Å². The molecule has 2 heteroatoms. The summed E-state index contributed by atoms with van der Waals surface area (Å²) < 4.78 is 0. The van der Waals surface area contributed by atoms with Gasteiger partial charge >= 0.3 is 0 Å². The second-order valence-corrected chi connectivity index (χ2v) is 4.29. The van der Waals surface area contributed by atoms with E-state index in [1.54, 1.807) is 0 Å². The minimum absolute atomic E-state index is 0.802. The molecule has 0 aromatic rings. The van der Waals surface area contributed by atoms with Gasteiger partial charge in [0.25, 0.3) is 0 Å². The summed E-state index contributed by atoms with van der Waals surface area (Å²) in [5.74, 6) is 5.38. The highest BCUT2D eigenvalue weighted by Gasteiger charge is 1.92. The molecule has 0 saturated heterocycles. The Kier molecular flexibility index (Phi) is 8.86. The van der Waals surface area contributed by atoms with Crippen molar-refractivity contribution in [3.05, 3.63) is 0 Å². The number of nitrogens with one attached hydrogen (secondary N) is 1. The molecule has 0 aliphatic carbocycles. The number of hydrogen-bond donors (Lipinski definition) is 1. The van der Waals surface area contributed by atoms with Crippen LogP contribution in [0.15, 0.2) is 0 Å². The average Bonchev–Trinajstić information content (AvgIpc) is 2.02. The first-order valence-corrected chi connectivity index (χ1v) is 5.64. The van der Waals surface area contributed by atoms with E-state index in [0.717, 1.165) is 30.5 Å².